The van der Waals surface area contributed by atoms with Gasteiger partial charge in [-0.3, -0.25) is 4.98 Å². The van der Waals surface area contributed by atoms with E-state index in [1.807, 2.05) is 24.4 Å². The molecule has 88 valence electrons. The first kappa shape index (κ1) is 11.3. The number of anilines is 2. The minimum Gasteiger partial charge on any atom is -0.381 e. The lowest BCUT2D eigenvalue weighted by molar-refractivity contribution is 1.08. The number of nitrogen functional groups attached to an aromatic ring is 1. The second-order valence-corrected chi connectivity index (χ2v) is 3.73. The van der Waals surface area contributed by atoms with E-state index >= 15 is 0 Å². The molecule has 0 spiro atoms. The van der Waals surface area contributed by atoms with Crippen molar-refractivity contribution in [2.45, 2.75) is 13.5 Å². The molecule has 0 saturated carbocycles. The molecule has 0 atom stereocenters. The zero-order valence-electron chi connectivity index (χ0n) is 9.64. The summed E-state index contributed by atoms with van der Waals surface area (Å²) in [5.74, 6) is 5.94. The van der Waals surface area contributed by atoms with Crippen LogP contribution in [0.4, 0.5) is 11.5 Å². The summed E-state index contributed by atoms with van der Waals surface area (Å²) in [7, 11) is 0. The second-order valence-electron chi connectivity index (χ2n) is 3.73. The molecule has 0 amide bonds. The standard InChI is InChI=1S/C12H15N5/c1-9-2-4-14-7-10(9)8-16-11-3-5-15-12(6-11)17-13/h2-7H,8,13H2,1H3,(H2,15,16,17). The highest BCUT2D eigenvalue weighted by atomic mass is 15.2. The molecule has 0 radical (unpaired) electrons. The van der Waals surface area contributed by atoms with E-state index in [1.165, 1.54) is 11.1 Å². The van der Waals surface area contributed by atoms with Gasteiger partial charge in [0.2, 0.25) is 0 Å². The van der Waals surface area contributed by atoms with Gasteiger partial charge in [-0.2, -0.15) is 0 Å². The maximum absolute atomic E-state index is 5.30. The summed E-state index contributed by atoms with van der Waals surface area (Å²) in [6.07, 6.45) is 5.36. The molecule has 0 aliphatic carbocycles. The molecule has 0 fully saturated rings. The number of hydrogen-bond donors (Lipinski definition) is 3. The van der Waals surface area contributed by atoms with E-state index in [4.69, 9.17) is 5.84 Å². The van der Waals surface area contributed by atoms with E-state index in [1.54, 1.807) is 12.4 Å². The zero-order chi connectivity index (χ0) is 12.1. The molecular weight excluding hydrogens is 214 g/mol. The van der Waals surface area contributed by atoms with Crippen LogP contribution in [0.5, 0.6) is 0 Å². The molecule has 5 nitrogen and oxygen atoms in total. The van der Waals surface area contributed by atoms with Crippen LogP contribution in [0.1, 0.15) is 11.1 Å². The van der Waals surface area contributed by atoms with Gasteiger partial charge in [0.15, 0.2) is 0 Å². The Morgan fingerprint density at radius 1 is 1.29 bits per heavy atom. The molecule has 0 aliphatic heterocycles. The average molecular weight is 229 g/mol. The van der Waals surface area contributed by atoms with Gasteiger partial charge in [0, 0.05) is 36.9 Å². The van der Waals surface area contributed by atoms with Gasteiger partial charge in [0.05, 0.1) is 0 Å². The monoisotopic (exact) mass is 229 g/mol. The van der Waals surface area contributed by atoms with Crippen molar-refractivity contribution in [3.05, 3.63) is 47.9 Å². The maximum Gasteiger partial charge on any atom is 0.141 e. The number of nitrogens with two attached hydrogens (primary N) is 1. The lowest BCUT2D eigenvalue weighted by Gasteiger charge is -2.09. The van der Waals surface area contributed by atoms with Crippen molar-refractivity contribution < 1.29 is 0 Å². The Balaban J connectivity index is 2.05. The van der Waals surface area contributed by atoms with Crippen LogP contribution in [0.2, 0.25) is 0 Å². The van der Waals surface area contributed by atoms with E-state index in [0.717, 1.165) is 12.2 Å². The summed E-state index contributed by atoms with van der Waals surface area (Å²) in [4.78, 5) is 8.15. The lowest BCUT2D eigenvalue weighted by atomic mass is 10.1. The number of rotatable bonds is 4. The molecule has 2 heterocycles. The summed E-state index contributed by atoms with van der Waals surface area (Å²) >= 11 is 0. The Labute approximate surface area is 100 Å². The molecule has 17 heavy (non-hydrogen) atoms. The highest BCUT2D eigenvalue weighted by Gasteiger charge is 1.99. The fourth-order valence-electron chi connectivity index (χ4n) is 1.50. The van der Waals surface area contributed by atoms with E-state index in [9.17, 15) is 0 Å². The molecule has 0 saturated heterocycles. The van der Waals surface area contributed by atoms with E-state index in [2.05, 4.69) is 27.6 Å². The number of aromatic nitrogens is 2. The first-order chi connectivity index (χ1) is 8.29. The van der Waals surface area contributed by atoms with Crippen molar-refractivity contribution in [2.24, 2.45) is 5.84 Å². The van der Waals surface area contributed by atoms with E-state index in [-0.39, 0.29) is 0 Å². The van der Waals surface area contributed by atoms with Gasteiger partial charge >= 0.3 is 0 Å². The summed E-state index contributed by atoms with van der Waals surface area (Å²) < 4.78 is 0. The molecular formula is C12H15N5. The summed E-state index contributed by atoms with van der Waals surface area (Å²) in [5.41, 5.74) is 5.88. The molecule has 5 heteroatoms. The third kappa shape index (κ3) is 2.92. The van der Waals surface area contributed by atoms with Gasteiger partial charge in [0.1, 0.15) is 5.82 Å². The van der Waals surface area contributed by atoms with Crippen molar-refractivity contribution in [2.75, 3.05) is 10.7 Å². The maximum atomic E-state index is 5.30. The Morgan fingerprint density at radius 2 is 2.18 bits per heavy atom. The van der Waals surface area contributed by atoms with Gasteiger partial charge in [-0.15, -0.1) is 0 Å². The molecule has 0 aromatic carbocycles. The number of pyridine rings is 2. The molecule has 2 aromatic heterocycles. The van der Waals surface area contributed by atoms with Crippen LogP contribution in [-0.4, -0.2) is 9.97 Å². The highest BCUT2D eigenvalue weighted by Crippen LogP contribution is 2.13. The topological polar surface area (TPSA) is 75.9 Å². The van der Waals surface area contributed by atoms with E-state index in [0.29, 0.717) is 5.82 Å². The minimum absolute atomic E-state index is 0.637. The zero-order valence-corrected chi connectivity index (χ0v) is 9.64. The summed E-state index contributed by atoms with van der Waals surface area (Å²) in [6, 6.07) is 5.74. The van der Waals surface area contributed by atoms with Crippen LogP contribution >= 0.6 is 0 Å². The SMILES string of the molecule is Cc1ccncc1CNc1ccnc(NN)c1. The fraction of sp³-hybridized carbons (Fsp3) is 0.167. The molecule has 4 N–H and O–H groups in total. The van der Waals surface area contributed by atoms with Gasteiger partial charge in [-0.25, -0.2) is 10.8 Å². The fourth-order valence-corrected chi connectivity index (χ4v) is 1.50. The number of aryl methyl sites for hydroxylation is 1. The average Bonchev–Trinajstić information content (AvgIpc) is 2.38. The van der Waals surface area contributed by atoms with Crippen LogP contribution in [0.3, 0.4) is 0 Å². The van der Waals surface area contributed by atoms with Crippen molar-refractivity contribution in [3.8, 4) is 0 Å². The van der Waals surface area contributed by atoms with Gasteiger partial charge in [-0.1, -0.05) is 0 Å². The normalized spacial score (nSPS) is 10.0. The molecule has 0 unspecified atom stereocenters. The predicted octanol–water partition coefficient (Wildman–Crippen LogP) is 1.68. The first-order valence-electron chi connectivity index (χ1n) is 5.35. The smallest absolute Gasteiger partial charge is 0.141 e. The highest BCUT2D eigenvalue weighted by molar-refractivity contribution is 5.51. The number of hydrazine groups is 1. The largest absolute Gasteiger partial charge is 0.381 e. The Kier molecular flexibility index (Phi) is 3.52. The van der Waals surface area contributed by atoms with Crippen LogP contribution in [0.25, 0.3) is 0 Å². The van der Waals surface area contributed by atoms with Crippen LogP contribution < -0.4 is 16.6 Å². The van der Waals surface area contributed by atoms with Gasteiger partial charge in [-0.05, 0) is 30.2 Å². The lowest BCUT2D eigenvalue weighted by Crippen LogP contribution is -2.09. The predicted molar refractivity (Wildman–Crippen MR) is 68.3 cm³/mol. The van der Waals surface area contributed by atoms with Crippen LogP contribution in [0, 0.1) is 6.92 Å². The quantitative estimate of drug-likeness (QED) is 0.549. The van der Waals surface area contributed by atoms with Gasteiger partial charge < -0.3 is 10.7 Å². The molecule has 0 aliphatic rings. The van der Waals surface area contributed by atoms with Crippen molar-refractivity contribution in [3.63, 3.8) is 0 Å². The number of hydrogen-bond acceptors (Lipinski definition) is 5. The number of nitrogens with one attached hydrogen (secondary N) is 2. The summed E-state index contributed by atoms with van der Waals surface area (Å²) in [6.45, 7) is 2.80. The molecule has 2 rings (SSSR count). The Bertz CT molecular complexity index is 498. The van der Waals surface area contributed by atoms with Crippen molar-refractivity contribution >= 4 is 11.5 Å². The second kappa shape index (κ2) is 5.27. The van der Waals surface area contributed by atoms with Crippen molar-refractivity contribution in [1.82, 2.24) is 9.97 Å². The van der Waals surface area contributed by atoms with E-state index < -0.39 is 0 Å². The minimum atomic E-state index is 0.637. The Morgan fingerprint density at radius 3 is 2.94 bits per heavy atom. The summed E-state index contributed by atoms with van der Waals surface area (Å²) in [5, 5.41) is 3.30. The van der Waals surface area contributed by atoms with Crippen molar-refractivity contribution in [1.29, 1.82) is 0 Å². The van der Waals surface area contributed by atoms with Crippen LogP contribution in [0.15, 0.2) is 36.8 Å². The number of nitrogens with zero attached hydrogens (tertiary/aromatic N) is 2. The van der Waals surface area contributed by atoms with Crippen LogP contribution in [-0.2, 0) is 6.54 Å². The Hall–Kier alpha value is -2.14. The third-order valence-electron chi connectivity index (χ3n) is 2.54. The molecule has 2 aromatic rings. The molecule has 0 bridgehead atoms. The first-order valence-corrected chi connectivity index (χ1v) is 5.35. The van der Waals surface area contributed by atoms with Gasteiger partial charge in [0.25, 0.3) is 0 Å². The third-order valence-corrected chi connectivity index (χ3v) is 2.54.